The second kappa shape index (κ2) is 14.0. The topological polar surface area (TPSA) is 65.4 Å². The molecule has 0 heterocycles. The van der Waals surface area contributed by atoms with Gasteiger partial charge in [-0.05, 0) is 92.2 Å². The van der Waals surface area contributed by atoms with Crippen LogP contribution in [0, 0.1) is 0 Å². The van der Waals surface area contributed by atoms with Gasteiger partial charge in [-0.1, -0.05) is 55.5 Å². The first-order chi connectivity index (χ1) is 17.8. The van der Waals surface area contributed by atoms with Crippen LogP contribution in [-0.2, 0) is 0 Å². The molecular formula is C30H39BN2O4. The number of benzene rings is 3. The Morgan fingerprint density at radius 3 is 1.81 bits per heavy atom. The van der Waals surface area contributed by atoms with Crippen molar-refractivity contribution in [1.82, 2.24) is 9.80 Å². The molecule has 196 valence electrons. The fraction of sp³-hybridized carbons (Fsp3) is 0.333. The molecule has 3 rings (SSSR count). The van der Waals surface area contributed by atoms with Crippen molar-refractivity contribution in [2.75, 3.05) is 54.5 Å². The number of ether oxygens (including phenoxy) is 2. The van der Waals surface area contributed by atoms with Gasteiger partial charge in [0.15, 0.2) is 0 Å². The van der Waals surface area contributed by atoms with Gasteiger partial charge in [0, 0.05) is 13.1 Å². The maximum Gasteiger partial charge on any atom is 0.488 e. The van der Waals surface area contributed by atoms with E-state index in [1.807, 2.05) is 75.6 Å². The van der Waals surface area contributed by atoms with Crippen LogP contribution in [0.25, 0.3) is 11.1 Å². The molecule has 3 aromatic carbocycles. The minimum atomic E-state index is -1.59. The highest BCUT2D eigenvalue weighted by Crippen LogP contribution is 2.35. The second-order valence-corrected chi connectivity index (χ2v) is 9.57. The van der Waals surface area contributed by atoms with Crippen molar-refractivity contribution < 1.29 is 19.5 Å². The van der Waals surface area contributed by atoms with E-state index >= 15 is 0 Å². The number of nitrogens with zero attached hydrogens (tertiary/aromatic N) is 2. The maximum absolute atomic E-state index is 10.0. The third-order valence-electron chi connectivity index (χ3n) is 6.05. The third-order valence-corrected chi connectivity index (χ3v) is 6.05. The summed E-state index contributed by atoms with van der Waals surface area (Å²) in [6.07, 6.45) is 0.743. The summed E-state index contributed by atoms with van der Waals surface area (Å²) in [5.74, 6) is 1.45. The zero-order valence-electron chi connectivity index (χ0n) is 22.6. The SMILES string of the molecule is CC/C(=C(/c1ccccc1)c1ccc(OCCN(C)C)cc1)c1cc(OCCN(C)C)cc(B(O)O)c1. The van der Waals surface area contributed by atoms with Crippen molar-refractivity contribution in [3.05, 3.63) is 89.5 Å². The van der Waals surface area contributed by atoms with E-state index in [1.54, 1.807) is 6.07 Å². The zero-order valence-corrected chi connectivity index (χ0v) is 22.6. The molecule has 0 aliphatic heterocycles. The highest BCUT2D eigenvalue weighted by atomic mass is 16.5. The van der Waals surface area contributed by atoms with Gasteiger partial charge in [0.05, 0.1) is 0 Å². The molecule has 0 aliphatic rings. The van der Waals surface area contributed by atoms with E-state index in [0.717, 1.165) is 53.1 Å². The predicted octanol–water partition coefficient (Wildman–Crippen LogP) is 3.62. The fourth-order valence-electron chi connectivity index (χ4n) is 4.08. The van der Waals surface area contributed by atoms with Crippen LogP contribution in [0.15, 0.2) is 72.8 Å². The summed E-state index contributed by atoms with van der Waals surface area (Å²) in [6, 6.07) is 24.0. The number of likely N-dealkylation sites (N-methyl/N-ethyl adjacent to an activating group) is 2. The van der Waals surface area contributed by atoms with Crippen molar-refractivity contribution in [1.29, 1.82) is 0 Å². The second-order valence-electron chi connectivity index (χ2n) is 9.57. The van der Waals surface area contributed by atoms with E-state index < -0.39 is 7.12 Å². The molecule has 0 saturated carbocycles. The standard InChI is InChI=1S/C30H39BN2O4/c1-6-29(25-20-26(31(34)35)22-28(21-25)37-19-17-33(4)5)30(23-10-8-7-9-11-23)24-12-14-27(15-13-24)36-18-16-32(2)3/h7-15,20-22,34-35H,6,16-19H2,1-5H3/b30-29+. The molecule has 7 heteroatoms. The predicted molar refractivity (Wildman–Crippen MR) is 153 cm³/mol. The lowest BCUT2D eigenvalue weighted by molar-refractivity contribution is 0.261. The lowest BCUT2D eigenvalue weighted by Crippen LogP contribution is -2.30. The Balaban J connectivity index is 2.08. The van der Waals surface area contributed by atoms with Gasteiger partial charge in [0.1, 0.15) is 24.7 Å². The van der Waals surface area contributed by atoms with Crippen molar-refractivity contribution in [2.24, 2.45) is 0 Å². The van der Waals surface area contributed by atoms with Crippen LogP contribution >= 0.6 is 0 Å². The first-order valence-electron chi connectivity index (χ1n) is 12.7. The van der Waals surface area contributed by atoms with Gasteiger partial charge in [-0.15, -0.1) is 0 Å². The number of rotatable bonds is 13. The summed E-state index contributed by atoms with van der Waals surface area (Å²) in [4.78, 5) is 4.14. The summed E-state index contributed by atoms with van der Waals surface area (Å²) in [5, 5.41) is 20.0. The summed E-state index contributed by atoms with van der Waals surface area (Å²) in [6.45, 7) is 4.86. The van der Waals surface area contributed by atoms with Crippen molar-refractivity contribution in [3.8, 4) is 11.5 Å². The van der Waals surface area contributed by atoms with E-state index in [2.05, 4.69) is 36.1 Å². The largest absolute Gasteiger partial charge is 0.492 e. The van der Waals surface area contributed by atoms with Crippen LogP contribution in [-0.4, -0.2) is 81.5 Å². The molecule has 0 aromatic heterocycles. The average Bonchev–Trinajstić information content (AvgIpc) is 2.87. The van der Waals surface area contributed by atoms with Gasteiger partial charge < -0.3 is 29.3 Å². The molecule has 0 radical (unpaired) electrons. The van der Waals surface area contributed by atoms with Crippen LogP contribution < -0.4 is 14.9 Å². The molecule has 3 aromatic rings. The molecule has 0 bridgehead atoms. The van der Waals surface area contributed by atoms with Gasteiger partial charge in [0.2, 0.25) is 0 Å². The van der Waals surface area contributed by atoms with Crippen molar-refractivity contribution in [3.63, 3.8) is 0 Å². The minimum Gasteiger partial charge on any atom is -0.492 e. The number of hydrogen-bond donors (Lipinski definition) is 2. The quantitative estimate of drug-likeness (QED) is 0.275. The zero-order chi connectivity index (χ0) is 26.8. The summed E-state index contributed by atoms with van der Waals surface area (Å²) < 4.78 is 11.9. The fourth-order valence-corrected chi connectivity index (χ4v) is 4.08. The van der Waals surface area contributed by atoms with E-state index in [0.29, 0.717) is 24.4 Å². The maximum atomic E-state index is 10.0. The Kier molecular flexibility index (Phi) is 10.8. The third kappa shape index (κ3) is 8.47. The Hall–Kier alpha value is -3.10. The molecule has 0 spiro atoms. The van der Waals surface area contributed by atoms with Gasteiger partial charge in [-0.25, -0.2) is 0 Å². The van der Waals surface area contributed by atoms with E-state index in [1.165, 1.54) is 0 Å². The number of hydrogen-bond acceptors (Lipinski definition) is 6. The first kappa shape index (κ1) is 28.5. The smallest absolute Gasteiger partial charge is 0.488 e. The molecule has 0 fully saturated rings. The van der Waals surface area contributed by atoms with Crippen LogP contribution in [0.5, 0.6) is 11.5 Å². The number of allylic oxidation sites excluding steroid dienone is 1. The Morgan fingerprint density at radius 1 is 0.703 bits per heavy atom. The van der Waals surface area contributed by atoms with E-state index in [9.17, 15) is 10.0 Å². The highest BCUT2D eigenvalue weighted by molar-refractivity contribution is 6.58. The van der Waals surface area contributed by atoms with Gasteiger partial charge >= 0.3 is 7.12 Å². The normalized spacial score (nSPS) is 12.0. The van der Waals surface area contributed by atoms with Crippen LogP contribution in [0.3, 0.4) is 0 Å². The van der Waals surface area contributed by atoms with Gasteiger partial charge in [0.25, 0.3) is 0 Å². The minimum absolute atomic E-state index is 0.403. The molecule has 0 saturated heterocycles. The Labute approximate surface area is 221 Å². The lowest BCUT2D eigenvalue weighted by Gasteiger charge is -2.19. The molecule has 0 unspecified atom stereocenters. The molecule has 2 N–H and O–H groups in total. The summed E-state index contributed by atoms with van der Waals surface area (Å²) in [7, 11) is 6.45. The van der Waals surface area contributed by atoms with Gasteiger partial charge in [-0.3, -0.25) is 0 Å². The van der Waals surface area contributed by atoms with Crippen LogP contribution in [0.2, 0.25) is 0 Å². The Bertz CT molecular complexity index is 1150. The molecule has 0 aliphatic carbocycles. The average molecular weight is 502 g/mol. The molecule has 37 heavy (non-hydrogen) atoms. The van der Waals surface area contributed by atoms with Crippen LogP contribution in [0.4, 0.5) is 0 Å². The Morgan fingerprint density at radius 2 is 1.27 bits per heavy atom. The van der Waals surface area contributed by atoms with E-state index in [4.69, 9.17) is 9.47 Å². The van der Waals surface area contributed by atoms with Gasteiger partial charge in [-0.2, -0.15) is 0 Å². The van der Waals surface area contributed by atoms with Crippen molar-refractivity contribution >= 4 is 23.7 Å². The van der Waals surface area contributed by atoms with Crippen molar-refractivity contribution in [2.45, 2.75) is 13.3 Å². The molecular weight excluding hydrogens is 463 g/mol. The monoisotopic (exact) mass is 502 g/mol. The first-order valence-corrected chi connectivity index (χ1v) is 12.7. The summed E-state index contributed by atoms with van der Waals surface area (Å²) in [5.41, 5.74) is 5.64. The van der Waals surface area contributed by atoms with E-state index in [-0.39, 0.29) is 0 Å². The highest BCUT2D eigenvalue weighted by Gasteiger charge is 2.18. The molecule has 0 amide bonds. The molecule has 0 atom stereocenters. The van der Waals surface area contributed by atoms with Crippen LogP contribution in [0.1, 0.15) is 30.0 Å². The molecule has 6 nitrogen and oxygen atoms in total. The lowest BCUT2D eigenvalue weighted by atomic mass is 9.77. The summed E-state index contributed by atoms with van der Waals surface area (Å²) >= 11 is 0.